The van der Waals surface area contributed by atoms with Gasteiger partial charge in [0.1, 0.15) is 17.7 Å². The van der Waals surface area contributed by atoms with Crippen LogP contribution >= 0.6 is 45.2 Å². The lowest BCUT2D eigenvalue weighted by atomic mass is 10.1. The molecule has 0 spiro atoms. The SMILES string of the molecule is Fc1ccc(C(CCNCc2ccccc2)Oc2cccc(I)c2)c(I)c1. The van der Waals surface area contributed by atoms with Gasteiger partial charge in [-0.1, -0.05) is 42.5 Å². The van der Waals surface area contributed by atoms with Crippen LogP contribution in [0.5, 0.6) is 5.75 Å². The normalized spacial score (nSPS) is 12.0. The molecule has 1 N–H and O–H groups in total. The van der Waals surface area contributed by atoms with Gasteiger partial charge in [0.15, 0.2) is 0 Å². The van der Waals surface area contributed by atoms with Crippen molar-refractivity contribution < 1.29 is 9.13 Å². The summed E-state index contributed by atoms with van der Waals surface area (Å²) < 4.78 is 21.8. The Hall–Kier alpha value is -1.19. The van der Waals surface area contributed by atoms with Crippen LogP contribution in [0, 0.1) is 13.0 Å². The molecule has 0 fully saturated rings. The molecule has 140 valence electrons. The second-order valence-corrected chi connectivity index (χ2v) is 8.59. The zero-order chi connectivity index (χ0) is 19.1. The van der Waals surface area contributed by atoms with Crippen LogP contribution in [0.15, 0.2) is 72.8 Å². The maximum absolute atomic E-state index is 13.5. The van der Waals surface area contributed by atoms with Gasteiger partial charge in [0.25, 0.3) is 0 Å². The molecule has 0 radical (unpaired) electrons. The third-order valence-corrected chi connectivity index (χ3v) is 5.74. The second kappa shape index (κ2) is 10.4. The summed E-state index contributed by atoms with van der Waals surface area (Å²) in [6.45, 7) is 1.62. The fourth-order valence-corrected chi connectivity index (χ4v) is 4.15. The van der Waals surface area contributed by atoms with Crippen molar-refractivity contribution in [2.75, 3.05) is 6.54 Å². The fourth-order valence-electron chi connectivity index (χ4n) is 2.81. The van der Waals surface area contributed by atoms with E-state index in [0.29, 0.717) is 0 Å². The Morgan fingerprint density at radius 1 is 0.926 bits per heavy atom. The number of halogens is 3. The molecule has 3 rings (SSSR count). The summed E-state index contributed by atoms with van der Waals surface area (Å²) in [6.07, 6.45) is 0.652. The summed E-state index contributed by atoms with van der Waals surface area (Å²) in [7, 11) is 0. The van der Waals surface area contributed by atoms with E-state index >= 15 is 0 Å². The zero-order valence-electron chi connectivity index (χ0n) is 14.7. The molecule has 0 aliphatic carbocycles. The lowest BCUT2D eigenvalue weighted by Gasteiger charge is -2.21. The van der Waals surface area contributed by atoms with Crippen molar-refractivity contribution in [3.8, 4) is 5.75 Å². The van der Waals surface area contributed by atoms with Gasteiger partial charge >= 0.3 is 0 Å². The summed E-state index contributed by atoms with van der Waals surface area (Å²) in [4.78, 5) is 0. The molecule has 1 atom stereocenters. The van der Waals surface area contributed by atoms with Crippen molar-refractivity contribution in [2.45, 2.75) is 19.1 Å². The van der Waals surface area contributed by atoms with Crippen molar-refractivity contribution in [1.82, 2.24) is 5.32 Å². The Balaban J connectivity index is 1.69. The highest BCUT2D eigenvalue weighted by Gasteiger charge is 2.17. The maximum atomic E-state index is 13.5. The molecule has 0 saturated heterocycles. The van der Waals surface area contributed by atoms with Gasteiger partial charge in [-0.05, 0) is 87.6 Å². The van der Waals surface area contributed by atoms with E-state index in [2.05, 4.69) is 62.6 Å². The highest BCUT2D eigenvalue weighted by atomic mass is 127. The Kier molecular flexibility index (Phi) is 7.90. The molecule has 3 aromatic carbocycles. The van der Waals surface area contributed by atoms with Crippen LogP contribution in [0.4, 0.5) is 4.39 Å². The lowest BCUT2D eigenvalue weighted by Crippen LogP contribution is -2.20. The van der Waals surface area contributed by atoms with E-state index in [9.17, 15) is 4.39 Å². The van der Waals surface area contributed by atoms with E-state index < -0.39 is 0 Å². The van der Waals surface area contributed by atoms with Gasteiger partial charge in [-0.2, -0.15) is 0 Å². The molecule has 27 heavy (non-hydrogen) atoms. The first-order valence-corrected chi connectivity index (χ1v) is 10.9. The number of nitrogens with one attached hydrogen (secondary N) is 1. The molecule has 5 heteroatoms. The fraction of sp³-hybridized carbons (Fsp3) is 0.182. The number of hydrogen-bond donors (Lipinski definition) is 1. The van der Waals surface area contributed by atoms with Crippen LogP contribution in [0.2, 0.25) is 0 Å². The van der Waals surface area contributed by atoms with Gasteiger partial charge < -0.3 is 10.1 Å². The predicted molar refractivity (Wildman–Crippen MR) is 124 cm³/mol. The topological polar surface area (TPSA) is 21.3 Å². The summed E-state index contributed by atoms with van der Waals surface area (Å²) in [5.74, 6) is 0.605. The first-order chi connectivity index (χ1) is 13.1. The minimum atomic E-state index is -0.224. The molecule has 0 aromatic heterocycles. The molecule has 0 bridgehead atoms. The molecule has 0 saturated carbocycles. The van der Waals surface area contributed by atoms with E-state index in [1.54, 1.807) is 6.07 Å². The molecular formula is C22H20FI2NO. The van der Waals surface area contributed by atoms with Gasteiger partial charge in [-0.3, -0.25) is 0 Å². The van der Waals surface area contributed by atoms with Gasteiger partial charge in [-0.15, -0.1) is 0 Å². The summed E-state index contributed by atoms with van der Waals surface area (Å²) in [5.41, 5.74) is 2.27. The van der Waals surface area contributed by atoms with Crippen molar-refractivity contribution in [3.05, 3.63) is 96.9 Å². The second-order valence-electron chi connectivity index (χ2n) is 6.18. The van der Waals surface area contributed by atoms with Gasteiger partial charge in [0.05, 0.1) is 0 Å². The summed E-state index contributed by atoms with van der Waals surface area (Å²) in [5, 5.41) is 3.47. The highest BCUT2D eigenvalue weighted by Crippen LogP contribution is 2.29. The van der Waals surface area contributed by atoms with Crippen molar-refractivity contribution in [2.24, 2.45) is 0 Å². The monoisotopic (exact) mass is 587 g/mol. The van der Waals surface area contributed by atoms with Crippen molar-refractivity contribution >= 4 is 45.2 Å². The number of hydrogen-bond acceptors (Lipinski definition) is 2. The van der Waals surface area contributed by atoms with Crippen molar-refractivity contribution in [1.29, 1.82) is 0 Å². The molecule has 0 amide bonds. The number of benzene rings is 3. The molecule has 1 unspecified atom stereocenters. The summed E-state index contributed by atoms with van der Waals surface area (Å²) in [6, 6.07) is 23.2. The van der Waals surface area contributed by atoms with Gasteiger partial charge in [0.2, 0.25) is 0 Å². The Bertz CT molecular complexity index is 873. The molecule has 3 aromatic rings. The minimum Gasteiger partial charge on any atom is -0.486 e. The average molecular weight is 587 g/mol. The lowest BCUT2D eigenvalue weighted by molar-refractivity contribution is 0.193. The van der Waals surface area contributed by atoms with Crippen LogP contribution in [-0.2, 0) is 6.54 Å². The average Bonchev–Trinajstić information content (AvgIpc) is 2.65. The quantitative estimate of drug-likeness (QED) is 0.246. The molecule has 0 aliphatic rings. The van der Waals surface area contributed by atoms with E-state index in [0.717, 1.165) is 38.0 Å². The number of rotatable bonds is 8. The molecule has 0 heterocycles. The largest absolute Gasteiger partial charge is 0.486 e. The van der Waals surface area contributed by atoms with E-state index in [4.69, 9.17) is 4.74 Å². The molecule has 0 aliphatic heterocycles. The maximum Gasteiger partial charge on any atom is 0.126 e. The molecular weight excluding hydrogens is 567 g/mol. The standard InChI is InChI=1S/C22H20FI2NO/c23-17-9-10-20(21(25)13-17)22(27-19-8-4-7-18(24)14-19)11-12-26-15-16-5-2-1-3-6-16/h1-10,13-14,22,26H,11-12,15H2. The first kappa shape index (κ1) is 20.5. The Morgan fingerprint density at radius 2 is 1.74 bits per heavy atom. The van der Waals surface area contributed by atoms with E-state index in [1.807, 2.05) is 48.5 Å². The smallest absolute Gasteiger partial charge is 0.126 e. The Labute approximate surface area is 186 Å². The van der Waals surface area contributed by atoms with Crippen LogP contribution in [0.3, 0.4) is 0 Å². The third kappa shape index (κ3) is 6.43. The number of ether oxygens (including phenoxy) is 1. The van der Waals surface area contributed by atoms with Crippen LogP contribution < -0.4 is 10.1 Å². The minimum absolute atomic E-state index is 0.140. The first-order valence-electron chi connectivity index (χ1n) is 8.73. The predicted octanol–water partition coefficient (Wildman–Crippen LogP) is 6.33. The molecule has 2 nitrogen and oxygen atoms in total. The zero-order valence-corrected chi connectivity index (χ0v) is 19.0. The Morgan fingerprint density at radius 3 is 2.48 bits per heavy atom. The summed E-state index contributed by atoms with van der Waals surface area (Å²) >= 11 is 4.45. The van der Waals surface area contributed by atoms with Gasteiger partial charge in [0, 0.05) is 25.7 Å². The van der Waals surface area contributed by atoms with E-state index in [-0.39, 0.29) is 11.9 Å². The van der Waals surface area contributed by atoms with Crippen LogP contribution in [0.25, 0.3) is 0 Å². The van der Waals surface area contributed by atoms with Gasteiger partial charge in [-0.25, -0.2) is 4.39 Å². The van der Waals surface area contributed by atoms with Crippen LogP contribution in [-0.4, -0.2) is 6.54 Å². The van der Waals surface area contributed by atoms with E-state index in [1.165, 1.54) is 11.6 Å². The third-order valence-electron chi connectivity index (χ3n) is 4.14. The highest BCUT2D eigenvalue weighted by molar-refractivity contribution is 14.1. The van der Waals surface area contributed by atoms with Crippen molar-refractivity contribution in [3.63, 3.8) is 0 Å². The van der Waals surface area contributed by atoms with Crippen LogP contribution in [0.1, 0.15) is 23.7 Å².